The SMILES string of the molecule is CCCNCC1CCN(c2nccn(CC)c2=O)CC1. The van der Waals surface area contributed by atoms with Crippen LogP contribution in [0.2, 0.25) is 0 Å². The van der Waals surface area contributed by atoms with Crippen molar-refractivity contribution in [2.24, 2.45) is 5.92 Å². The van der Waals surface area contributed by atoms with Gasteiger partial charge in [-0.15, -0.1) is 0 Å². The molecule has 5 nitrogen and oxygen atoms in total. The summed E-state index contributed by atoms with van der Waals surface area (Å²) in [5.74, 6) is 1.35. The van der Waals surface area contributed by atoms with Crippen molar-refractivity contribution in [3.8, 4) is 0 Å². The molecule has 1 aliphatic heterocycles. The van der Waals surface area contributed by atoms with Gasteiger partial charge >= 0.3 is 0 Å². The van der Waals surface area contributed by atoms with E-state index in [9.17, 15) is 4.79 Å². The Hall–Kier alpha value is -1.36. The van der Waals surface area contributed by atoms with Crippen molar-refractivity contribution < 1.29 is 0 Å². The number of anilines is 1. The van der Waals surface area contributed by atoms with Crippen molar-refractivity contribution in [3.05, 3.63) is 22.7 Å². The molecule has 1 aromatic heterocycles. The van der Waals surface area contributed by atoms with Gasteiger partial charge in [-0.1, -0.05) is 6.92 Å². The molecule has 2 rings (SSSR count). The lowest BCUT2D eigenvalue weighted by atomic mass is 9.97. The number of piperidine rings is 1. The van der Waals surface area contributed by atoms with Crippen molar-refractivity contribution in [1.82, 2.24) is 14.9 Å². The Bertz CT molecular complexity index is 463. The molecule has 0 atom stereocenters. The number of aromatic nitrogens is 2. The summed E-state index contributed by atoms with van der Waals surface area (Å²) in [6.07, 6.45) is 6.95. The third-order valence-electron chi connectivity index (χ3n) is 4.01. The van der Waals surface area contributed by atoms with Crippen LogP contribution in [0.3, 0.4) is 0 Å². The topological polar surface area (TPSA) is 50.2 Å². The second-order valence-corrected chi connectivity index (χ2v) is 5.48. The molecule has 0 spiro atoms. The van der Waals surface area contributed by atoms with Crippen LogP contribution in [0.4, 0.5) is 5.82 Å². The lowest BCUT2D eigenvalue weighted by molar-refractivity contribution is 0.381. The molecule has 0 saturated carbocycles. The number of hydrogen-bond donors (Lipinski definition) is 1. The lowest BCUT2D eigenvalue weighted by Gasteiger charge is -2.32. The maximum Gasteiger partial charge on any atom is 0.293 e. The predicted molar refractivity (Wildman–Crippen MR) is 82.3 cm³/mol. The maximum atomic E-state index is 12.2. The van der Waals surface area contributed by atoms with Crippen LogP contribution in [0.15, 0.2) is 17.2 Å². The van der Waals surface area contributed by atoms with Crippen LogP contribution in [-0.4, -0.2) is 35.7 Å². The highest BCUT2D eigenvalue weighted by Crippen LogP contribution is 2.19. The zero-order valence-electron chi connectivity index (χ0n) is 12.6. The molecule has 1 aliphatic rings. The average Bonchev–Trinajstić information content (AvgIpc) is 2.49. The van der Waals surface area contributed by atoms with E-state index in [1.165, 1.54) is 6.42 Å². The fourth-order valence-corrected chi connectivity index (χ4v) is 2.73. The molecule has 1 saturated heterocycles. The fourth-order valence-electron chi connectivity index (χ4n) is 2.73. The first-order valence-electron chi connectivity index (χ1n) is 7.77. The van der Waals surface area contributed by atoms with Gasteiger partial charge in [0.1, 0.15) is 0 Å². The summed E-state index contributed by atoms with van der Waals surface area (Å²) in [5, 5.41) is 3.49. The van der Waals surface area contributed by atoms with Crippen molar-refractivity contribution in [1.29, 1.82) is 0 Å². The van der Waals surface area contributed by atoms with Gasteiger partial charge < -0.3 is 14.8 Å². The lowest BCUT2D eigenvalue weighted by Crippen LogP contribution is -2.41. The highest BCUT2D eigenvalue weighted by molar-refractivity contribution is 5.36. The van der Waals surface area contributed by atoms with Gasteiger partial charge in [0, 0.05) is 32.0 Å². The normalized spacial score (nSPS) is 16.6. The summed E-state index contributed by atoms with van der Waals surface area (Å²) in [5.41, 5.74) is 0.0394. The van der Waals surface area contributed by atoms with E-state index >= 15 is 0 Å². The zero-order valence-corrected chi connectivity index (χ0v) is 12.6. The van der Waals surface area contributed by atoms with Crippen LogP contribution in [-0.2, 0) is 6.54 Å². The Labute approximate surface area is 121 Å². The molecule has 1 N–H and O–H groups in total. The summed E-state index contributed by atoms with van der Waals surface area (Å²) in [7, 11) is 0. The van der Waals surface area contributed by atoms with E-state index in [0.29, 0.717) is 12.4 Å². The van der Waals surface area contributed by atoms with Crippen LogP contribution in [0.5, 0.6) is 0 Å². The first-order chi connectivity index (χ1) is 9.76. The van der Waals surface area contributed by atoms with Gasteiger partial charge in [-0.05, 0) is 45.2 Å². The second-order valence-electron chi connectivity index (χ2n) is 5.48. The molecule has 2 heterocycles. The standard InChI is InChI=1S/C15H26N4O/c1-3-7-16-12-13-5-9-19(10-6-13)14-15(20)18(4-2)11-8-17-14/h8,11,13,16H,3-7,9-10,12H2,1-2H3. The molecule has 0 bridgehead atoms. The smallest absolute Gasteiger partial charge is 0.293 e. The minimum Gasteiger partial charge on any atom is -0.352 e. The number of hydrogen-bond acceptors (Lipinski definition) is 4. The summed E-state index contributed by atoms with van der Waals surface area (Å²) in [4.78, 5) is 18.7. The number of aryl methyl sites for hydroxylation is 1. The average molecular weight is 278 g/mol. The third-order valence-corrected chi connectivity index (χ3v) is 4.01. The third kappa shape index (κ3) is 3.60. The quantitative estimate of drug-likeness (QED) is 0.801. The van der Waals surface area contributed by atoms with Gasteiger partial charge in [-0.2, -0.15) is 0 Å². The Morgan fingerprint density at radius 3 is 2.75 bits per heavy atom. The molecule has 0 amide bonds. The number of nitrogens with one attached hydrogen (secondary N) is 1. The van der Waals surface area contributed by atoms with Crippen LogP contribution in [0, 0.1) is 5.92 Å². The minimum atomic E-state index is 0.0394. The van der Waals surface area contributed by atoms with Crippen LogP contribution >= 0.6 is 0 Å². The maximum absolute atomic E-state index is 12.2. The minimum absolute atomic E-state index is 0.0394. The van der Waals surface area contributed by atoms with Gasteiger partial charge in [-0.3, -0.25) is 4.79 Å². The van der Waals surface area contributed by atoms with Crippen molar-refractivity contribution in [3.63, 3.8) is 0 Å². The van der Waals surface area contributed by atoms with E-state index in [0.717, 1.165) is 44.9 Å². The summed E-state index contributed by atoms with van der Waals surface area (Å²) < 4.78 is 1.72. The molecule has 0 radical (unpaired) electrons. The first kappa shape index (κ1) is 15.0. The van der Waals surface area contributed by atoms with E-state index in [2.05, 4.69) is 22.1 Å². The van der Waals surface area contributed by atoms with E-state index in [1.54, 1.807) is 17.0 Å². The van der Waals surface area contributed by atoms with Crippen LogP contribution in [0.1, 0.15) is 33.1 Å². The van der Waals surface area contributed by atoms with E-state index in [4.69, 9.17) is 0 Å². The Balaban J connectivity index is 1.92. The molecule has 0 aliphatic carbocycles. The van der Waals surface area contributed by atoms with Crippen LogP contribution < -0.4 is 15.8 Å². The van der Waals surface area contributed by atoms with E-state index < -0.39 is 0 Å². The predicted octanol–water partition coefficient (Wildman–Crippen LogP) is 1.48. The molecule has 20 heavy (non-hydrogen) atoms. The molecule has 0 unspecified atom stereocenters. The van der Waals surface area contributed by atoms with E-state index in [1.807, 2.05) is 6.92 Å². The fraction of sp³-hybridized carbons (Fsp3) is 0.733. The molecular weight excluding hydrogens is 252 g/mol. The van der Waals surface area contributed by atoms with Gasteiger partial charge in [-0.25, -0.2) is 4.98 Å². The van der Waals surface area contributed by atoms with E-state index in [-0.39, 0.29) is 5.56 Å². The van der Waals surface area contributed by atoms with Crippen molar-refractivity contribution >= 4 is 5.82 Å². The first-order valence-corrected chi connectivity index (χ1v) is 7.77. The van der Waals surface area contributed by atoms with Crippen LogP contribution in [0.25, 0.3) is 0 Å². The van der Waals surface area contributed by atoms with Crippen molar-refractivity contribution in [2.75, 3.05) is 31.1 Å². The highest BCUT2D eigenvalue weighted by atomic mass is 16.1. The molecule has 112 valence electrons. The van der Waals surface area contributed by atoms with Gasteiger partial charge in [0.2, 0.25) is 0 Å². The monoisotopic (exact) mass is 278 g/mol. The Kier molecular flexibility index (Phi) is 5.59. The molecule has 0 aromatic carbocycles. The second kappa shape index (κ2) is 7.43. The molecule has 1 fully saturated rings. The zero-order chi connectivity index (χ0) is 14.4. The molecule has 5 heteroatoms. The summed E-state index contributed by atoms with van der Waals surface area (Å²) in [6.45, 7) is 8.95. The number of nitrogens with zero attached hydrogens (tertiary/aromatic N) is 3. The molecule has 1 aromatic rings. The van der Waals surface area contributed by atoms with Gasteiger partial charge in [0.05, 0.1) is 0 Å². The Morgan fingerprint density at radius 1 is 1.35 bits per heavy atom. The van der Waals surface area contributed by atoms with Gasteiger partial charge in [0.15, 0.2) is 5.82 Å². The summed E-state index contributed by atoms with van der Waals surface area (Å²) >= 11 is 0. The van der Waals surface area contributed by atoms with Crippen molar-refractivity contribution in [2.45, 2.75) is 39.7 Å². The summed E-state index contributed by atoms with van der Waals surface area (Å²) in [6, 6.07) is 0. The largest absolute Gasteiger partial charge is 0.352 e. The van der Waals surface area contributed by atoms with Gasteiger partial charge in [0.25, 0.3) is 5.56 Å². The number of rotatable bonds is 6. The highest BCUT2D eigenvalue weighted by Gasteiger charge is 2.21. The Morgan fingerprint density at radius 2 is 2.10 bits per heavy atom. The molecular formula is C15H26N4O.